The Morgan fingerprint density at radius 2 is 1.19 bits per heavy atom. The molecule has 0 radical (unpaired) electrons. The summed E-state index contributed by atoms with van der Waals surface area (Å²) in [6, 6.07) is 4.56. The van der Waals surface area contributed by atoms with E-state index in [-0.39, 0.29) is 10.8 Å². The number of carboxylic acid groups (broad SMARTS) is 2. The third kappa shape index (κ3) is 6.36. The zero-order chi connectivity index (χ0) is 23.2. The molecule has 178 valence electrons. The van der Waals surface area contributed by atoms with Crippen molar-refractivity contribution in [1.29, 1.82) is 0 Å². The van der Waals surface area contributed by atoms with Crippen LogP contribution in [0.1, 0.15) is 112 Å². The van der Waals surface area contributed by atoms with Gasteiger partial charge in [0.05, 0.1) is 10.8 Å². The number of carboxylic acids is 2. The highest BCUT2D eigenvalue weighted by atomic mass is 16.4. The van der Waals surface area contributed by atoms with E-state index in [1.54, 1.807) is 0 Å². The fraction of sp³-hybridized carbons (Fsp3) is 0.714. The molecule has 0 aliphatic heterocycles. The van der Waals surface area contributed by atoms with Gasteiger partial charge in [-0.3, -0.25) is 9.59 Å². The van der Waals surface area contributed by atoms with Gasteiger partial charge in [0.25, 0.3) is 0 Å². The topological polar surface area (TPSA) is 74.6 Å². The number of hydrogen-bond donors (Lipinski definition) is 2. The summed E-state index contributed by atoms with van der Waals surface area (Å²) < 4.78 is 0. The summed E-state index contributed by atoms with van der Waals surface area (Å²) in [4.78, 5) is 22.6. The lowest BCUT2D eigenvalue weighted by Crippen LogP contribution is -2.14. The first-order valence-corrected chi connectivity index (χ1v) is 12.8. The maximum atomic E-state index is 11.3. The second kappa shape index (κ2) is 10.9. The normalized spacial score (nSPS) is 17.8. The Balaban J connectivity index is 1.36. The molecule has 0 heterocycles. The molecule has 0 bridgehead atoms. The molecule has 0 aromatic heterocycles. The Bertz CT molecular complexity index is 802. The average Bonchev–Trinajstić information content (AvgIpc) is 3.67. The summed E-state index contributed by atoms with van der Waals surface area (Å²) in [5.74, 6) is -1.18. The van der Waals surface area contributed by atoms with Crippen LogP contribution in [-0.4, -0.2) is 22.2 Å². The van der Waals surface area contributed by atoms with E-state index in [0.717, 1.165) is 77.0 Å². The Morgan fingerprint density at radius 3 is 1.66 bits per heavy atom. The van der Waals surface area contributed by atoms with Crippen LogP contribution < -0.4 is 0 Å². The lowest BCUT2D eigenvalue weighted by molar-refractivity contribution is -0.144. The largest absolute Gasteiger partial charge is 0.481 e. The Labute approximate surface area is 193 Å². The molecule has 0 spiro atoms. The van der Waals surface area contributed by atoms with Crippen LogP contribution in [0.3, 0.4) is 0 Å². The van der Waals surface area contributed by atoms with Crippen LogP contribution in [0.5, 0.6) is 0 Å². The Morgan fingerprint density at radius 1 is 0.719 bits per heavy atom. The van der Waals surface area contributed by atoms with Gasteiger partial charge in [-0.2, -0.15) is 0 Å². The summed E-state index contributed by atoms with van der Waals surface area (Å²) in [6.07, 6.45) is 16.4. The zero-order valence-electron chi connectivity index (χ0n) is 20.2. The van der Waals surface area contributed by atoms with Crippen molar-refractivity contribution >= 4 is 11.9 Å². The lowest BCUT2D eigenvalue weighted by Gasteiger charge is -2.16. The third-order valence-corrected chi connectivity index (χ3v) is 8.26. The van der Waals surface area contributed by atoms with Crippen LogP contribution >= 0.6 is 0 Å². The maximum Gasteiger partial charge on any atom is 0.309 e. The lowest BCUT2D eigenvalue weighted by atomic mass is 9.90. The predicted octanol–water partition coefficient (Wildman–Crippen LogP) is 7.02. The van der Waals surface area contributed by atoms with Crippen LogP contribution in [-0.2, 0) is 22.4 Å². The molecule has 4 nitrogen and oxygen atoms in total. The van der Waals surface area contributed by atoms with Gasteiger partial charge in [0.15, 0.2) is 0 Å². The molecule has 2 aliphatic rings. The molecule has 4 heteroatoms. The van der Waals surface area contributed by atoms with Crippen molar-refractivity contribution in [3.8, 4) is 0 Å². The number of hydrogen-bond acceptors (Lipinski definition) is 2. The van der Waals surface area contributed by atoms with Gasteiger partial charge in [0.2, 0.25) is 0 Å². The van der Waals surface area contributed by atoms with Gasteiger partial charge in [0, 0.05) is 0 Å². The molecular weight excluding hydrogens is 400 g/mol. The number of aryl methyl sites for hydroxylation is 2. The van der Waals surface area contributed by atoms with Crippen molar-refractivity contribution in [2.45, 2.75) is 117 Å². The summed E-state index contributed by atoms with van der Waals surface area (Å²) in [7, 11) is 0. The number of rotatable bonds is 16. The van der Waals surface area contributed by atoms with Crippen LogP contribution in [0, 0.1) is 24.7 Å². The van der Waals surface area contributed by atoms with Crippen LogP contribution in [0.2, 0.25) is 0 Å². The summed E-state index contributed by atoms with van der Waals surface area (Å²) in [6.45, 7) is 4.44. The molecule has 3 rings (SSSR count). The molecule has 32 heavy (non-hydrogen) atoms. The van der Waals surface area contributed by atoms with Gasteiger partial charge >= 0.3 is 11.9 Å². The first-order chi connectivity index (χ1) is 15.3. The highest BCUT2D eigenvalue weighted by molar-refractivity contribution is 5.78. The number of carbonyl (C=O) groups is 2. The molecule has 1 aromatic carbocycles. The summed E-state index contributed by atoms with van der Waals surface area (Å²) >= 11 is 0. The minimum atomic E-state index is -0.591. The van der Waals surface area contributed by atoms with Crippen molar-refractivity contribution in [3.63, 3.8) is 0 Å². The van der Waals surface area contributed by atoms with E-state index in [9.17, 15) is 19.8 Å². The SMILES string of the molecule is Cc1ccc(CCCCCCC2(C(=O)O)CC2)c(CCCCCCC2(C(=O)O)CC2)c1C. The average molecular weight is 443 g/mol. The molecular formula is C28H42O4. The molecule has 2 fully saturated rings. The quantitative estimate of drug-likeness (QED) is 0.270. The van der Waals surface area contributed by atoms with E-state index in [1.165, 1.54) is 47.9 Å². The van der Waals surface area contributed by atoms with E-state index >= 15 is 0 Å². The highest BCUT2D eigenvalue weighted by Crippen LogP contribution is 2.50. The number of unbranched alkanes of at least 4 members (excludes halogenated alkanes) is 6. The van der Waals surface area contributed by atoms with Crippen molar-refractivity contribution in [3.05, 3.63) is 34.4 Å². The number of aliphatic carboxylic acids is 2. The second-order valence-electron chi connectivity index (χ2n) is 10.6. The van der Waals surface area contributed by atoms with Crippen molar-refractivity contribution in [2.75, 3.05) is 0 Å². The first kappa shape index (κ1) is 24.8. The van der Waals surface area contributed by atoms with E-state index in [1.807, 2.05) is 0 Å². The Hall–Kier alpha value is -1.84. The van der Waals surface area contributed by atoms with E-state index in [2.05, 4.69) is 26.0 Å². The van der Waals surface area contributed by atoms with Crippen molar-refractivity contribution < 1.29 is 19.8 Å². The van der Waals surface area contributed by atoms with Gasteiger partial charge in [-0.15, -0.1) is 0 Å². The first-order valence-electron chi connectivity index (χ1n) is 12.8. The standard InChI is InChI=1S/C28H42O4/c1-21-13-14-23(11-7-3-5-9-15-27(17-18-27)25(29)30)24(22(21)2)12-8-4-6-10-16-28(19-20-28)26(31)32/h13-14H,3-12,15-20H2,1-2H3,(H,29,30)(H,31,32). The van der Waals surface area contributed by atoms with Gasteiger partial charge in [-0.25, -0.2) is 0 Å². The second-order valence-corrected chi connectivity index (χ2v) is 10.6. The van der Waals surface area contributed by atoms with Gasteiger partial charge in [0.1, 0.15) is 0 Å². The monoisotopic (exact) mass is 442 g/mol. The molecule has 0 saturated heterocycles. The Kier molecular flexibility index (Phi) is 8.41. The van der Waals surface area contributed by atoms with E-state index in [4.69, 9.17) is 0 Å². The third-order valence-electron chi connectivity index (χ3n) is 8.26. The molecule has 0 atom stereocenters. The van der Waals surface area contributed by atoms with E-state index in [0.29, 0.717) is 0 Å². The highest BCUT2D eigenvalue weighted by Gasteiger charge is 2.49. The predicted molar refractivity (Wildman–Crippen MR) is 128 cm³/mol. The smallest absolute Gasteiger partial charge is 0.309 e. The zero-order valence-corrected chi connectivity index (χ0v) is 20.2. The molecule has 0 amide bonds. The molecule has 2 N–H and O–H groups in total. The van der Waals surface area contributed by atoms with Crippen LogP contribution in [0.15, 0.2) is 12.1 Å². The minimum Gasteiger partial charge on any atom is -0.481 e. The molecule has 2 aliphatic carbocycles. The van der Waals surface area contributed by atoms with Gasteiger partial charge in [-0.1, -0.05) is 50.7 Å². The van der Waals surface area contributed by atoms with Crippen molar-refractivity contribution in [1.82, 2.24) is 0 Å². The van der Waals surface area contributed by atoms with Crippen LogP contribution in [0.4, 0.5) is 0 Å². The maximum absolute atomic E-state index is 11.3. The van der Waals surface area contributed by atoms with Crippen LogP contribution in [0.25, 0.3) is 0 Å². The van der Waals surface area contributed by atoms with Gasteiger partial charge < -0.3 is 10.2 Å². The summed E-state index contributed by atoms with van der Waals surface area (Å²) in [5.41, 5.74) is 5.07. The minimum absolute atomic E-state index is 0.367. The molecule has 2 saturated carbocycles. The molecule has 0 unspecified atom stereocenters. The fourth-order valence-electron chi connectivity index (χ4n) is 5.21. The summed E-state index contributed by atoms with van der Waals surface area (Å²) in [5, 5.41) is 18.6. The fourth-order valence-corrected chi connectivity index (χ4v) is 5.21. The van der Waals surface area contributed by atoms with Crippen molar-refractivity contribution in [2.24, 2.45) is 10.8 Å². The molecule has 1 aromatic rings. The van der Waals surface area contributed by atoms with Gasteiger partial charge in [-0.05, 0) is 100 Å². The number of benzene rings is 1. The van der Waals surface area contributed by atoms with E-state index < -0.39 is 11.9 Å².